The quantitative estimate of drug-likeness (QED) is 0.633. The van der Waals surface area contributed by atoms with E-state index < -0.39 is 21.7 Å². The molecule has 0 spiro atoms. The third-order valence-corrected chi connectivity index (χ3v) is 4.75. The molecule has 6 nitrogen and oxygen atoms in total. The first-order valence-corrected chi connectivity index (χ1v) is 8.34. The number of nitrogens with zero attached hydrogens (tertiary/aromatic N) is 1. The molecule has 0 radical (unpaired) electrons. The molecule has 7 heteroatoms. The van der Waals surface area contributed by atoms with Crippen molar-refractivity contribution in [2.75, 3.05) is 25.4 Å². The van der Waals surface area contributed by atoms with Crippen LogP contribution in [-0.2, 0) is 14.8 Å². The maximum Gasteiger partial charge on any atom is 0.236 e. The lowest BCUT2D eigenvalue weighted by Gasteiger charge is -2.21. The van der Waals surface area contributed by atoms with Gasteiger partial charge < -0.3 is 11.1 Å². The van der Waals surface area contributed by atoms with Crippen molar-refractivity contribution in [1.29, 1.82) is 0 Å². The first kappa shape index (κ1) is 18.3. The maximum absolute atomic E-state index is 11.9. The van der Waals surface area contributed by atoms with E-state index >= 15 is 0 Å². The molecule has 0 saturated heterocycles. The summed E-state index contributed by atoms with van der Waals surface area (Å²) in [5.74, 6) is -0.597. The number of amides is 1. The second-order valence-corrected chi connectivity index (χ2v) is 6.94. The number of sulfonamides is 1. The van der Waals surface area contributed by atoms with Gasteiger partial charge in [0, 0.05) is 25.7 Å². The molecule has 0 rings (SSSR count). The van der Waals surface area contributed by atoms with Gasteiger partial charge in [0.05, 0.1) is 0 Å². The van der Waals surface area contributed by atoms with Gasteiger partial charge in [-0.05, 0) is 12.3 Å². The molecular formula is C12H27N3O3S. The fraction of sp³-hybridized carbons (Fsp3) is 0.917. The zero-order valence-electron chi connectivity index (χ0n) is 12.3. The van der Waals surface area contributed by atoms with Gasteiger partial charge >= 0.3 is 0 Å². The number of hydrogen-bond donors (Lipinski definition) is 2. The fourth-order valence-electron chi connectivity index (χ4n) is 1.93. The SMILES string of the molecule is CCN(CC)S(=O)(=O)CC(=O)NC(CN)CC(C)C. The summed E-state index contributed by atoms with van der Waals surface area (Å²) in [7, 11) is -3.52. The van der Waals surface area contributed by atoms with E-state index in [4.69, 9.17) is 5.73 Å². The molecule has 0 aliphatic heterocycles. The number of rotatable bonds is 9. The highest BCUT2D eigenvalue weighted by Crippen LogP contribution is 2.05. The van der Waals surface area contributed by atoms with Gasteiger partial charge in [0.1, 0.15) is 5.75 Å². The molecule has 0 aromatic heterocycles. The highest BCUT2D eigenvalue weighted by molar-refractivity contribution is 7.89. The zero-order valence-corrected chi connectivity index (χ0v) is 13.2. The van der Waals surface area contributed by atoms with Crippen LogP contribution in [-0.4, -0.2) is 50.1 Å². The summed E-state index contributed by atoms with van der Waals surface area (Å²) in [6.07, 6.45) is 0.744. The van der Waals surface area contributed by atoms with Crippen LogP contribution in [0.1, 0.15) is 34.1 Å². The summed E-state index contributed by atoms with van der Waals surface area (Å²) in [5, 5.41) is 2.69. The van der Waals surface area contributed by atoms with Gasteiger partial charge in [0.25, 0.3) is 0 Å². The second kappa shape index (κ2) is 8.50. The maximum atomic E-state index is 11.9. The van der Waals surface area contributed by atoms with E-state index in [1.54, 1.807) is 13.8 Å². The van der Waals surface area contributed by atoms with Crippen molar-refractivity contribution in [2.24, 2.45) is 11.7 Å². The minimum atomic E-state index is -3.52. The Morgan fingerprint density at radius 2 is 1.79 bits per heavy atom. The van der Waals surface area contributed by atoms with Crippen molar-refractivity contribution in [1.82, 2.24) is 9.62 Å². The van der Waals surface area contributed by atoms with Gasteiger partial charge in [-0.25, -0.2) is 12.7 Å². The molecule has 0 aliphatic carbocycles. The topological polar surface area (TPSA) is 92.5 Å². The summed E-state index contributed by atoms with van der Waals surface area (Å²) >= 11 is 0. The van der Waals surface area contributed by atoms with Gasteiger partial charge in [-0.15, -0.1) is 0 Å². The standard InChI is InChI=1S/C12H27N3O3S/c1-5-15(6-2)19(17,18)9-12(16)14-11(8-13)7-10(3)4/h10-11H,5-9,13H2,1-4H3,(H,14,16). The average molecular weight is 293 g/mol. The largest absolute Gasteiger partial charge is 0.351 e. The molecular weight excluding hydrogens is 266 g/mol. The zero-order chi connectivity index (χ0) is 15.1. The Balaban J connectivity index is 4.52. The van der Waals surface area contributed by atoms with Crippen molar-refractivity contribution in [3.63, 3.8) is 0 Å². The molecule has 0 aliphatic rings. The van der Waals surface area contributed by atoms with Crippen molar-refractivity contribution in [3.05, 3.63) is 0 Å². The van der Waals surface area contributed by atoms with Crippen LogP contribution in [0.15, 0.2) is 0 Å². The first-order chi connectivity index (χ1) is 8.76. The van der Waals surface area contributed by atoms with Gasteiger partial charge in [0.15, 0.2) is 0 Å². The average Bonchev–Trinajstić information content (AvgIpc) is 2.27. The lowest BCUT2D eigenvalue weighted by atomic mass is 10.0. The van der Waals surface area contributed by atoms with Gasteiger partial charge in [-0.1, -0.05) is 27.7 Å². The second-order valence-electron chi connectivity index (χ2n) is 4.97. The van der Waals surface area contributed by atoms with Crippen LogP contribution in [0, 0.1) is 5.92 Å². The number of nitrogens with two attached hydrogens (primary N) is 1. The molecule has 1 amide bonds. The normalized spacial score (nSPS) is 13.8. The summed E-state index contributed by atoms with van der Waals surface area (Å²) in [4.78, 5) is 11.8. The number of carbonyl (C=O) groups excluding carboxylic acids is 1. The molecule has 0 aromatic rings. The first-order valence-electron chi connectivity index (χ1n) is 6.74. The molecule has 0 heterocycles. The number of hydrogen-bond acceptors (Lipinski definition) is 4. The van der Waals surface area contributed by atoms with Gasteiger partial charge in [-0.2, -0.15) is 0 Å². The third-order valence-electron chi connectivity index (χ3n) is 2.82. The Hall–Kier alpha value is -0.660. The molecule has 19 heavy (non-hydrogen) atoms. The van der Waals surface area contributed by atoms with E-state index in [2.05, 4.69) is 5.32 Å². The summed E-state index contributed by atoms with van der Waals surface area (Å²) in [6, 6.07) is -0.167. The molecule has 114 valence electrons. The lowest BCUT2D eigenvalue weighted by Crippen LogP contribution is -2.45. The summed E-state index contributed by atoms with van der Waals surface area (Å²) in [5.41, 5.74) is 5.57. The summed E-state index contributed by atoms with van der Waals surface area (Å²) < 4.78 is 25.1. The van der Waals surface area contributed by atoms with Crippen LogP contribution in [0.25, 0.3) is 0 Å². The highest BCUT2D eigenvalue weighted by atomic mass is 32.2. The minimum absolute atomic E-state index is 0.167. The molecule has 0 saturated carbocycles. The minimum Gasteiger partial charge on any atom is -0.351 e. The van der Waals surface area contributed by atoms with Crippen molar-refractivity contribution in [2.45, 2.75) is 40.2 Å². The van der Waals surface area contributed by atoms with E-state index in [9.17, 15) is 13.2 Å². The van der Waals surface area contributed by atoms with Crippen LogP contribution in [0.5, 0.6) is 0 Å². The van der Waals surface area contributed by atoms with Crippen LogP contribution < -0.4 is 11.1 Å². The van der Waals surface area contributed by atoms with E-state index in [1.165, 1.54) is 4.31 Å². The Labute approximate surface area is 116 Å². The molecule has 0 aromatic carbocycles. The van der Waals surface area contributed by atoms with Crippen LogP contribution in [0.2, 0.25) is 0 Å². The van der Waals surface area contributed by atoms with Crippen molar-refractivity contribution >= 4 is 15.9 Å². The van der Waals surface area contributed by atoms with Gasteiger partial charge in [0.2, 0.25) is 15.9 Å². The molecule has 1 unspecified atom stereocenters. The fourth-order valence-corrected chi connectivity index (χ4v) is 3.31. The predicted octanol–water partition coefficient (Wildman–Crippen LogP) is 0.148. The molecule has 3 N–H and O–H groups in total. The predicted molar refractivity (Wildman–Crippen MR) is 77.1 cm³/mol. The van der Waals surface area contributed by atoms with Crippen molar-refractivity contribution in [3.8, 4) is 0 Å². The van der Waals surface area contributed by atoms with E-state index in [-0.39, 0.29) is 6.04 Å². The van der Waals surface area contributed by atoms with Crippen molar-refractivity contribution < 1.29 is 13.2 Å². The van der Waals surface area contributed by atoms with Crippen LogP contribution >= 0.6 is 0 Å². The van der Waals surface area contributed by atoms with Gasteiger partial charge in [-0.3, -0.25) is 4.79 Å². The Morgan fingerprint density at radius 1 is 1.26 bits per heavy atom. The number of carbonyl (C=O) groups is 1. The van der Waals surface area contributed by atoms with E-state index in [0.717, 1.165) is 6.42 Å². The highest BCUT2D eigenvalue weighted by Gasteiger charge is 2.24. The monoisotopic (exact) mass is 293 g/mol. The summed E-state index contributed by atoms with van der Waals surface area (Å²) in [6.45, 7) is 8.62. The Bertz CT molecular complexity index is 364. The lowest BCUT2D eigenvalue weighted by molar-refractivity contribution is -0.119. The molecule has 1 atom stereocenters. The Morgan fingerprint density at radius 3 is 2.16 bits per heavy atom. The van der Waals surface area contributed by atoms with E-state index in [0.29, 0.717) is 25.6 Å². The van der Waals surface area contributed by atoms with E-state index in [1.807, 2.05) is 13.8 Å². The number of nitrogens with one attached hydrogen (secondary N) is 1. The molecule has 0 bridgehead atoms. The smallest absolute Gasteiger partial charge is 0.236 e. The van der Waals surface area contributed by atoms with Crippen LogP contribution in [0.4, 0.5) is 0 Å². The third kappa shape index (κ3) is 6.89. The Kier molecular flexibility index (Phi) is 8.20. The van der Waals surface area contributed by atoms with Crippen LogP contribution in [0.3, 0.4) is 0 Å². The molecule has 0 fully saturated rings.